The lowest BCUT2D eigenvalue weighted by atomic mass is 10.2. The van der Waals surface area contributed by atoms with Gasteiger partial charge in [-0.25, -0.2) is 13.2 Å². The molecule has 0 aromatic heterocycles. The Morgan fingerprint density at radius 1 is 1.35 bits per heavy atom. The van der Waals surface area contributed by atoms with Crippen molar-refractivity contribution in [2.24, 2.45) is 0 Å². The van der Waals surface area contributed by atoms with Crippen molar-refractivity contribution in [2.75, 3.05) is 12.4 Å². The van der Waals surface area contributed by atoms with Gasteiger partial charge in [-0.2, -0.15) is 0 Å². The maximum absolute atomic E-state index is 11.9. The van der Waals surface area contributed by atoms with E-state index in [-0.39, 0.29) is 23.7 Å². The average molecular weight is 365 g/mol. The number of hydrogen-bond donors (Lipinski definition) is 1. The summed E-state index contributed by atoms with van der Waals surface area (Å²) in [6.45, 7) is 4.76. The Labute approximate surface area is 127 Å². The molecule has 0 atom stereocenters. The van der Waals surface area contributed by atoms with Gasteiger partial charge in [-0.15, -0.1) is 0 Å². The van der Waals surface area contributed by atoms with Crippen LogP contribution in [0.15, 0.2) is 22.7 Å². The van der Waals surface area contributed by atoms with Crippen molar-refractivity contribution in [3.8, 4) is 5.75 Å². The third-order valence-electron chi connectivity index (χ3n) is 2.72. The number of benzene rings is 1. The van der Waals surface area contributed by atoms with Crippen LogP contribution in [0.4, 0.5) is 0 Å². The Bertz CT molecular complexity index is 602. The highest BCUT2D eigenvalue weighted by Crippen LogP contribution is 2.24. The molecule has 112 valence electrons. The number of aromatic carboxylic acids is 1. The zero-order valence-electron chi connectivity index (χ0n) is 11.5. The van der Waals surface area contributed by atoms with Gasteiger partial charge in [0.05, 0.1) is 10.5 Å². The van der Waals surface area contributed by atoms with Crippen molar-refractivity contribution in [1.29, 1.82) is 0 Å². The lowest BCUT2D eigenvalue weighted by molar-refractivity contribution is 0.0692. The van der Waals surface area contributed by atoms with Crippen LogP contribution in [0.5, 0.6) is 5.75 Å². The molecule has 1 aromatic carbocycles. The topological polar surface area (TPSA) is 80.7 Å². The summed E-state index contributed by atoms with van der Waals surface area (Å²) in [7, 11) is -3.30. The molecule has 0 aliphatic heterocycles. The van der Waals surface area contributed by atoms with Crippen LogP contribution >= 0.6 is 15.9 Å². The summed E-state index contributed by atoms with van der Waals surface area (Å²) in [6.07, 6.45) is 0. The van der Waals surface area contributed by atoms with Crippen LogP contribution in [0.3, 0.4) is 0 Å². The molecule has 0 unspecified atom stereocenters. The van der Waals surface area contributed by atoms with Crippen molar-refractivity contribution in [2.45, 2.75) is 25.5 Å². The number of rotatable bonds is 5. The molecule has 0 radical (unpaired) electrons. The lowest BCUT2D eigenvalue weighted by Crippen LogP contribution is -2.32. The van der Waals surface area contributed by atoms with E-state index in [2.05, 4.69) is 15.9 Å². The molecule has 0 bridgehead atoms. The molecule has 1 aromatic rings. The van der Waals surface area contributed by atoms with Crippen molar-refractivity contribution in [3.63, 3.8) is 0 Å². The number of ether oxygens (including phenoxy) is 1. The fraction of sp³-hybridized carbons (Fsp3) is 0.462. The van der Waals surface area contributed by atoms with Crippen LogP contribution in [0.1, 0.15) is 31.1 Å². The molecule has 20 heavy (non-hydrogen) atoms. The summed E-state index contributed by atoms with van der Waals surface area (Å²) >= 11 is 3.22. The molecule has 7 heteroatoms. The number of sulfone groups is 1. The number of carboxylic acid groups (broad SMARTS) is 1. The number of carboxylic acids is 1. The maximum atomic E-state index is 11.9. The molecule has 0 saturated heterocycles. The van der Waals surface area contributed by atoms with Crippen LogP contribution in [0, 0.1) is 0 Å². The zero-order valence-corrected chi connectivity index (χ0v) is 13.9. The molecule has 0 saturated carbocycles. The second-order valence-electron chi connectivity index (χ2n) is 5.23. The largest absolute Gasteiger partial charge is 0.492 e. The molecule has 0 heterocycles. The third-order valence-corrected chi connectivity index (χ3v) is 5.78. The van der Waals surface area contributed by atoms with Crippen LogP contribution < -0.4 is 4.74 Å². The van der Waals surface area contributed by atoms with E-state index in [1.54, 1.807) is 26.8 Å². The third kappa shape index (κ3) is 4.21. The van der Waals surface area contributed by atoms with Gasteiger partial charge in [-0.3, -0.25) is 0 Å². The van der Waals surface area contributed by atoms with Gasteiger partial charge < -0.3 is 9.84 Å². The van der Waals surface area contributed by atoms with E-state index in [1.165, 1.54) is 12.1 Å². The highest BCUT2D eigenvalue weighted by Gasteiger charge is 2.28. The standard InChI is InChI=1S/C13H17BrO5S/c1-13(2,3)20(17,18)7-6-19-11-8-9(14)4-5-10(11)12(15)16/h4-5,8H,6-7H2,1-3H3,(H,15,16). The summed E-state index contributed by atoms with van der Waals surface area (Å²) < 4.78 is 29.0. The van der Waals surface area contributed by atoms with Crippen molar-refractivity contribution < 1.29 is 23.1 Å². The van der Waals surface area contributed by atoms with E-state index < -0.39 is 20.6 Å². The highest BCUT2D eigenvalue weighted by molar-refractivity contribution is 9.10. The molecule has 0 spiro atoms. The molecular weight excluding hydrogens is 348 g/mol. The van der Waals surface area contributed by atoms with Gasteiger partial charge in [0.2, 0.25) is 0 Å². The Hall–Kier alpha value is -1.08. The van der Waals surface area contributed by atoms with Gasteiger partial charge in [0.25, 0.3) is 0 Å². The average Bonchev–Trinajstić information content (AvgIpc) is 2.26. The van der Waals surface area contributed by atoms with E-state index in [1.807, 2.05) is 0 Å². The Morgan fingerprint density at radius 2 is 1.95 bits per heavy atom. The minimum Gasteiger partial charge on any atom is -0.492 e. The second kappa shape index (κ2) is 6.13. The van der Waals surface area contributed by atoms with E-state index in [0.717, 1.165) is 0 Å². The van der Waals surface area contributed by atoms with Gasteiger partial charge in [0.15, 0.2) is 9.84 Å². The smallest absolute Gasteiger partial charge is 0.339 e. The Morgan fingerprint density at radius 3 is 2.45 bits per heavy atom. The SMILES string of the molecule is CC(C)(C)S(=O)(=O)CCOc1cc(Br)ccc1C(=O)O. The predicted octanol–water partition coefficient (Wildman–Crippen LogP) is 2.74. The first kappa shape index (κ1) is 17.0. The Balaban J connectivity index is 2.82. The van der Waals surface area contributed by atoms with Crippen molar-refractivity contribution >= 4 is 31.7 Å². The second-order valence-corrected chi connectivity index (χ2v) is 9.00. The van der Waals surface area contributed by atoms with Crippen LogP contribution in [0.25, 0.3) is 0 Å². The normalized spacial score (nSPS) is 12.2. The van der Waals surface area contributed by atoms with Gasteiger partial charge in [0.1, 0.15) is 17.9 Å². The predicted molar refractivity (Wildman–Crippen MR) is 80.1 cm³/mol. The van der Waals surface area contributed by atoms with Crippen LogP contribution in [-0.4, -0.2) is 36.6 Å². The van der Waals surface area contributed by atoms with Crippen molar-refractivity contribution in [3.05, 3.63) is 28.2 Å². The van der Waals surface area contributed by atoms with E-state index in [4.69, 9.17) is 9.84 Å². The molecule has 1 rings (SSSR count). The first-order valence-corrected chi connectivity index (χ1v) is 8.37. The summed E-state index contributed by atoms with van der Waals surface area (Å²) in [4.78, 5) is 11.0. The first-order valence-electron chi connectivity index (χ1n) is 5.92. The van der Waals surface area contributed by atoms with E-state index in [0.29, 0.717) is 4.47 Å². The number of hydrogen-bond acceptors (Lipinski definition) is 4. The molecule has 0 aliphatic carbocycles. The summed E-state index contributed by atoms with van der Waals surface area (Å²) in [5.74, 6) is -1.13. The monoisotopic (exact) mass is 364 g/mol. The maximum Gasteiger partial charge on any atom is 0.339 e. The quantitative estimate of drug-likeness (QED) is 0.868. The number of carbonyl (C=O) groups is 1. The summed E-state index contributed by atoms with van der Waals surface area (Å²) in [5.41, 5.74) is 0.00126. The van der Waals surface area contributed by atoms with Gasteiger partial charge in [-0.05, 0) is 39.0 Å². The Kier molecular flexibility index (Phi) is 5.21. The molecule has 1 N–H and O–H groups in total. The molecule has 5 nitrogen and oxygen atoms in total. The lowest BCUT2D eigenvalue weighted by Gasteiger charge is -2.19. The minimum atomic E-state index is -3.30. The van der Waals surface area contributed by atoms with E-state index >= 15 is 0 Å². The minimum absolute atomic E-state index is 0.00126. The molecule has 0 aliphatic rings. The van der Waals surface area contributed by atoms with Gasteiger partial charge in [0, 0.05) is 4.47 Å². The first-order chi connectivity index (χ1) is 9.04. The van der Waals surface area contributed by atoms with Gasteiger partial charge in [-0.1, -0.05) is 15.9 Å². The highest BCUT2D eigenvalue weighted by atomic mass is 79.9. The molecular formula is C13H17BrO5S. The van der Waals surface area contributed by atoms with Crippen LogP contribution in [0.2, 0.25) is 0 Å². The number of halogens is 1. The van der Waals surface area contributed by atoms with Crippen molar-refractivity contribution in [1.82, 2.24) is 0 Å². The van der Waals surface area contributed by atoms with Crippen LogP contribution in [-0.2, 0) is 9.84 Å². The molecule has 0 fully saturated rings. The fourth-order valence-electron chi connectivity index (χ4n) is 1.36. The summed E-state index contributed by atoms with van der Waals surface area (Å²) in [6, 6.07) is 4.50. The summed E-state index contributed by atoms with van der Waals surface area (Å²) in [5, 5.41) is 9.03. The van der Waals surface area contributed by atoms with Gasteiger partial charge >= 0.3 is 5.97 Å². The van der Waals surface area contributed by atoms with E-state index in [9.17, 15) is 13.2 Å². The fourth-order valence-corrected chi connectivity index (χ4v) is 2.61. The zero-order chi connectivity index (χ0) is 15.6. The molecule has 0 amide bonds.